The number of ether oxygens (including phenoxy) is 1. The van der Waals surface area contributed by atoms with Crippen LogP contribution in [0.5, 0.6) is 0 Å². The van der Waals surface area contributed by atoms with Crippen LogP contribution in [-0.2, 0) is 10.2 Å². The average Bonchev–Trinajstić information content (AvgIpc) is 2.36. The van der Waals surface area contributed by atoms with Gasteiger partial charge in [-0.1, -0.05) is 20.8 Å². The highest BCUT2D eigenvalue weighted by Gasteiger charge is 2.41. The number of nitrogens with zero attached hydrogens (tertiary/aromatic N) is 2. The van der Waals surface area contributed by atoms with Crippen LogP contribution in [0.15, 0.2) is 18.3 Å². The highest BCUT2D eigenvalue weighted by molar-refractivity contribution is 5.45. The Morgan fingerprint density at radius 2 is 1.84 bits per heavy atom. The number of hydrogen-bond donors (Lipinski definition) is 0. The lowest BCUT2D eigenvalue weighted by Crippen LogP contribution is -2.50. The first-order valence-corrected chi connectivity index (χ1v) is 7.28. The van der Waals surface area contributed by atoms with Crippen LogP contribution in [0.4, 0.5) is 5.69 Å². The summed E-state index contributed by atoms with van der Waals surface area (Å²) >= 11 is 0. The number of pyridine rings is 1. The molecule has 2 aliphatic rings. The number of aromatic nitrogens is 1. The van der Waals surface area contributed by atoms with Crippen molar-refractivity contribution < 1.29 is 4.74 Å². The van der Waals surface area contributed by atoms with Gasteiger partial charge in [0.05, 0.1) is 25.1 Å². The van der Waals surface area contributed by atoms with Crippen molar-refractivity contribution in [3.63, 3.8) is 0 Å². The minimum atomic E-state index is 0.133. The Morgan fingerprint density at radius 1 is 1.16 bits per heavy atom. The molecule has 2 fully saturated rings. The summed E-state index contributed by atoms with van der Waals surface area (Å²) in [7, 11) is 0. The summed E-state index contributed by atoms with van der Waals surface area (Å²) in [6.45, 7) is 10.8. The summed E-state index contributed by atoms with van der Waals surface area (Å²) in [4.78, 5) is 7.09. The second-order valence-electron chi connectivity index (χ2n) is 7.13. The van der Waals surface area contributed by atoms with E-state index in [1.165, 1.54) is 18.5 Å². The molecule has 0 aliphatic carbocycles. The van der Waals surface area contributed by atoms with Crippen molar-refractivity contribution in [1.82, 2.24) is 4.98 Å². The van der Waals surface area contributed by atoms with Crippen molar-refractivity contribution >= 4 is 5.69 Å². The summed E-state index contributed by atoms with van der Waals surface area (Å²) in [5.74, 6) is 0. The van der Waals surface area contributed by atoms with Gasteiger partial charge in [0, 0.05) is 29.6 Å². The van der Waals surface area contributed by atoms with Crippen molar-refractivity contribution in [3.05, 3.63) is 24.0 Å². The molecule has 2 saturated heterocycles. The Morgan fingerprint density at radius 3 is 2.26 bits per heavy atom. The van der Waals surface area contributed by atoms with Crippen LogP contribution in [0, 0.1) is 5.41 Å². The van der Waals surface area contributed by atoms with Crippen molar-refractivity contribution in [2.45, 2.75) is 39.0 Å². The summed E-state index contributed by atoms with van der Waals surface area (Å²) < 4.78 is 5.38. The molecule has 1 spiro atoms. The molecule has 3 rings (SSSR count). The fourth-order valence-corrected chi connectivity index (χ4v) is 2.94. The minimum absolute atomic E-state index is 0.133. The first-order chi connectivity index (χ1) is 8.99. The van der Waals surface area contributed by atoms with Crippen molar-refractivity contribution in [2.24, 2.45) is 5.41 Å². The molecule has 0 aromatic carbocycles. The van der Waals surface area contributed by atoms with Crippen LogP contribution in [-0.4, -0.2) is 31.3 Å². The average molecular weight is 260 g/mol. The SMILES string of the molecule is CC(C)(C)c1ccc(N2CCC3(CC2)COC3)cn1. The van der Waals surface area contributed by atoms with Crippen LogP contribution >= 0.6 is 0 Å². The van der Waals surface area contributed by atoms with Gasteiger partial charge in [-0.25, -0.2) is 0 Å². The van der Waals surface area contributed by atoms with Gasteiger partial charge in [-0.3, -0.25) is 4.98 Å². The molecule has 0 bridgehead atoms. The summed E-state index contributed by atoms with van der Waals surface area (Å²) in [6.07, 6.45) is 4.55. The summed E-state index contributed by atoms with van der Waals surface area (Å²) in [6, 6.07) is 4.40. The van der Waals surface area contributed by atoms with E-state index in [9.17, 15) is 0 Å². The molecule has 3 nitrogen and oxygen atoms in total. The van der Waals surface area contributed by atoms with Gasteiger partial charge < -0.3 is 9.64 Å². The first-order valence-electron chi connectivity index (χ1n) is 7.28. The standard InChI is InChI=1S/C16H24N2O/c1-15(2,3)14-5-4-13(10-17-14)18-8-6-16(7-9-18)11-19-12-16/h4-5,10H,6-9,11-12H2,1-3H3. The van der Waals surface area contributed by atoms with Crippen LogP contribution < -0.4 is 4.90 Å². The molecule has 0 radical (unpaired) electrons. The maximum Gasteiger partial charge on any atom is 0.0552 e. The van der Waals surface area contributed by atoms with Gasteiger partial charge >= 0.3 is 0 Å². The maximum atomic E-state index is 5.38. The zero-order valence-electron chi connectivity index (χ0n) is 12.3. The Labute approximate surface area is 116 Å². The zero-order valence-corrected chi connectivity index (χ0v) is 12.3. The van der Waals surface area contributed by atoms with E-state index in [0.717, 1.165) is 32.0 Å². The van der Waals surface area contributed by atoms with E-state index in [2.05, 4.69) is 42.8 Å². The highest BCUT2D eigenvalue weighted by Crippen LogP contribution is 2.39. The molecule has 0 amide bonds. The van der Waals surface area contributed by atoms with E-state index in [-0.39, 0.29) is 5.41 Å². The highest BCUT2D eigenvalue weighted by atomic mass is 16.5. The number of rotatable bonds is 1. The Kier molecular flexibility index (Phi) is 3.05. The second kappa shape index (κ2) is 4.48. The van der Waals surface area contributed by atoms with Gasteiger partial charge in [-0.2, -0.15) is 0 Å². The smallest absolute Gasteiger partial charge is 0.0552 e. The van der Waals surface area contributed by atoms with Crippen molar-refractivity contribution in [3.8, 4) is 0 Å². The Balaban J connectivity index is 1.67. The van der Waals surface area contributed by atoms with Crippen LogP contribution in [0.3, 0.4) is 0 Å². The quantitative estimate of drug-likeness (QED) is 0.776. The molecule has 1 aromatic heterocycles. The van der Waals surface area contributed by atoms with Crippen LogP contribution in [0.1, 0.15) is 39.3 Å². The van der Waals surface area contributed by atoms with Gasteiger partial charge in [-0.05, 0) is 25.0 Å². The normalized spacial score (nSPS) is 22.4. The van der Waals surface area contributed by atoms with E-state index in [1.54, 1.807) is 0 Å². The first kappa shape index (κ1) is 12.9. The maximum absolute atomic E-state index is 5.38. The predicted octanol–water partition coefficient (Wildman–Crippen LogP) is 3.00. The van der Waals surface area contributed by atoms with Crippen molar-refractivity contribution in [2.75, 3.05) is 31.2 Å². The van der Waals surface area contributed by atoms with Gasteiger partial charge in [0.15, 0.2) is 0 Å². The second-order valence-corrected chi connectivity index (χ2v) is 7.13. The molecule has 3 heteroatoms. The van der Waals surface area contributed by atoms with Gasteiger partial charge in [0.25, 0.3) is 0 Å². The van der Waals surface area contributed by atoms with E-state index in [4.69, 9.17) is 4.74 Å². The molecule has 0 N–H and O–H groups in total. The molecule has 0 atom stereocenters. The van der Waals surface area contributed by atoms with E-state index in [0.29, 0.717) is 5.41 Å². The Hall–Kier alpha value is -1.09. The fraction of sp³-hybridized carbons (Fsp3) is 0.688. The van der Waals surface area contributed by atoms with Gasteiger partial charge in [0.2, 0.25) is 0 Å². The monoisotopic (exact) mass is 260 g/mol. The third-order valence-corrected chi connectivity index (χ3v) is 4.52. The predicted molar refractivity (Wildman–Crippen MR) is 77.6 cm³/mol. The molecule has 0 unspecified atom stereocenters. The van der Waals surface area contributed by atoms with E-state index < -0.39 is 0 Å². The Bertz CT molecular complexity index is 433. The van der Waals surface area contributed by atoms with Crippen LogP contribution in [0.2, 0.25) is 0 Å². The molecular weight excluding hydrogens is 236 g/mol. The third-order valence-electron chi connectivity index (χ3n) is 4.52. The van der Waals surface area contributed by atoms with Gasteiger partial charge in [-0.15, -0.1) is 0 Å². The van der Waals surface area contributed by atoms with Gasteiger partial charge in [0.1, 0.15) is 0 Å². The van der Waals surface area contributed by atoms with Crippen LogP contribution in [0.25, 0.3) is 0 Å². The molecule has 3 heterocycles. The lowest BCUT2D eigenvalue weighted by molar-refractivity contribution is -0.124. The van der Waals surface area contributed by atoms with E-state index in [1.807, 2.05) is 6.20 Å². The zero-order chi connectivity index (χ0) is 13.5. The number of anilines is 1. The van der Waals surface area contributed by atoms with Crippen molar-refractivity contribution in [1.29, 1.82) is 0 Å². The number of hydrogen-bond acceptors (Lipinski definition) is 3. The lowest BCUT2D eigenvalue weighted by atomic mass is 9.77. The summed E-state index contributed by atoms with van der Waals surface area (Å²) in [5.41, 5.74) is 3.07. The van der Waals surface area contributed by atoms with E-state index >= 15 is 0 Å². The molecule has 2 aliphatic heterocycles. The molecule has 19 heavy (non-hydrogen) atoms. The minimum Gasteiger partial charge on any atom is -0.380 e. The molecule has 104 valence electrons. The molecule has 1 aromatic rings. The molecular formula is C16H24N2O. The summed E-state index contributed by atoms with van der Waals surface area (Å²) in [5, 5.41) is 0. The third kappa shape index (κ3) is 2.48. The largest absolute Gasteiger partial charge is 0.380 e. The molecule has 0 saturated carbocycles. The number of piperidine rings is 1. The fourth-order valence-electron chi connectivity index (χ4n) is 2.94. The topological polar surface area (TPSA) is 25.4 Å². The lowest BCUT2D eigenvalue weighted by Gasteiger charge is -2.47.